The number of amides is 1. The molecule has 4 rings (SSSR count). The van der Waals surface area contributed by atoms with E-state index in [1.54, 1.807) is 27.4 Å². The van der Waals surface area contributed by atoms with E-state index in [1.165, 1.54) is 6.92 Å². The molecule has 2 aliphatic heterocycles. The first-order chi connectivity index (χ1) is 12.3. The lowest BCUT2D eigenvalue weighted by molar-refractivity contribution is -0.116. The van der Waals surface area contributed by atoms with Gasteiger partial charge in [0.2, 0.25) is 15.9 Å². The molecule has 1 amide bonds. The number of carbonyl (C=O) groups excluding carboxylic acids is 1. The number of piperidine rings is 1. The van der Waals surface area contributed by atoms with Crippen LogP contribution in [0.2, 0.25) is 0 Å². The maximum atomic E-state index is 13.0. The van der Waals surface area contributed by atoms with Gasteiger partial charge < -0.3 is 10.0 Å². The van der Waals surface area contributed by atoms with Crippen LogP contribution in [-0.4, -0.2) is 49.0 Å². The molecule has 0 unspecified atom stereocenters. The van der Waals surface area contributed by atoms with Crippen molar-refractivity contribution in [2.24, 2.45) is 5.92 Å². The van der Waals surface area contributed by atoms with Crippen LogP contribution < -0.4 is 4.90 Å². The lowest BCUT2D eigenvalue weighted by Gasteiger charge is -2.34. The Morgan fingerprint density at radius 2 is 1.88 bits per heavy atom. The number of aryl methyl sites for hydroxylation is 1. The molecule has 0 bridgehead atoms. The van der Waals surface area contributed by atoms with Gasteiger partial charge in [-0.25, -0.2) is 8.42 Å². The maximum Gasteiger partial charge on any atom is 0.243 e. The number of fused-ring (bicyclic) bond motifs is 1. The zero-order valence-electron chi connectivity index (χ0n) is 15.1. The summed E-state index contributed by atoms with van der Waals surface area (Å²) in [5, 5.41) is 10.3. The summed E-state index contributed by atoms with van der Waals surface area (Å²) in [6, 6.07) is 5.12. The van der Waals surface area contributed by atoms with E-state index in [9.17, 15) is 18.3 Å². The van der Waals surface area contributed by atoms with Crippen molar-refractivity contribution in [3.05, 3.63) is 23.8 Å². The molecular weight excluding hydrogens is 352 g/mol. The molecule has 1 N–H and O–H groups in total. The van der Waals surface area contributed by atoms with Crippen molar-refractivity contribution in [3.8, 4) is 0 Å². The van der Waals surface area contributed by atoms with E-state index in [2.05, 4.69) is 0 Å². The second-order valence-electron chi connectivity index (χ2n) is 7.85. The standard InChI is InChI=1S/C19H26N2O4S/c1-14(22)21-10-2-3-15-13-17(4-5-18(15)21)26(24,25)20-11-6-16(7-12-20)19(23)8-9-19/h4-5,13,16,23H,2-3,6-12H2,1H3. The average molecular weight is 378 g/mol. The number of sulfonamides is 1. The van der Waals surface area contributed by atoms with Crippen LogP contribution in [0.25, 0.3) is 0 Å². The number of nitrogens with zero attached hydrogens (tertiary/aromatic N) is 2. The Balaban J connectivity index is 1.54. The monoisotopic (exact) mass is 378 g/mol. The molecule has 142 valence electrons. The van der Waals surface area contributed by atoms with E-state index < -0.39 is 15.6 Å². The minimum atomic E-state index is -3.53. The molecule has 0 radical (unpaired) electrons. The molecular formula is C19H26N2O4S. The Bertz CT molecular complexity index is 824. The quantitative estimate of drug-likeness (QED) is 0.872. The molecule has 26 heavy (non-hydrogen) atoms. The number of anilines is 1. The van der Waals surface area contributed by atoms with Gasteiger partial charge in [0.15, 0.2) is 0 Å². The van der Waals surface area contributed by atoms with Gasteiger partial charge >= 0.3 is 0 Å². The largest absolute Gasteiger partial charge is 0.390 e. The van der Waals surface area contributed by atoms with Crippen molar-refractivity contribution < 1.29 is 18.3 Å². The fraction of sp³-hybridized carbons (Fsp3) is 0.632. The van der Waals surface area contributed by atoms with E-state index in [4.69, 9.17) is 0 Å². The molecule has 1 aromatic carbocycles. The van der Waals surface area contributed by atoms with E-state index in [0.29, 0.717) is 24.5 Å². The molecule has 2 fully saturated rings. The summed E-state index contributed by atoms with van der Waals surface area (Å²) in [5.74, 6) is 0.211. The number of carbonyl (C=O) groups is 1. The fourth-order valence-electron chi connectivity index (χ4n) is 4.38. The normalized spacial score (nSPS) is 23.5. The van der Waals surface area contributed by atoms with Gasteiger partial charge in [-0.05, 0) is 68.2 Å². The van der Waals surface area contributed by atoms with Gasteiger partial charge in [-0.15, -0.1) is 0 Å². The first-order valence-electron chi connectivity index (χ1n) is 9.45. The number of hydrogen-bond acceptors (Lipinski definition) is 4. The SMILES string of the molecule is CC(=O)N1CCCc2cc(S(=O)(=O)N3CCC(C4(O)CC4)CC3)ccc21. The second-order valence-corrected chi connectivity index (χ2v) is 9.78. The van der Waals surface area contributed by atoms with Crippen LogP contribution in [0.4, 0.5) is 5.69 Å². The van der Waals surface area contributed by atoms with E-state index in [-0.39, 0.29) is 11.8 Å². The molecule has 1 aliphatic carbocycles. The Hall–Kier alpha value is -1.44. The minimum Gasteiger partial charge on any atom is -0.390 e. The molecule has 0 aromatic heterocycles. The smallest absolute Gasteiger partial charge is 0.243 e. The Kier molecular flexibility index (Phi) is 4.36. The van der Waals surface area contributed by atoms with Crippen molar-refractivity contribution in [2.45, 2.75) is 55.9 Å². The highest BCUT2D eigenvalue weighted by Gasteiger charge is 2.49. The van der Waals surface area contributed by atoms with Crippen molar-refractivity contribution in [1.82, 2.24) is 4.31 Å². The number of benzene rings is 1. The minimum absolute atomic E-state index is 0.0124. The predicted octanol–water partition coefficient (Wildman–Crippen LogP) is 1.91. The molecule has 2 heterocycles. The van der Waals surface area contributed by atoms with Crippen LogP contribution in [0.3, 0.4) is 0 Å². The van der Waals surface area contributed by atoms with Gasteiger partial charge in [0.05, 0.1) is 10.5 Å². The Morgan fingerprint density at radius 3 is 2.50 bits per heavy atom. The third-order valence-electron chi connectivity index (χ3n) is 6.16. The molecule has 3 aliphatic rings. The van der Waals surface area contributed by atoms with Crippen LogP contribution in [0, 0.1) is 5.92 Å². The van der Waals surface area contributed by atoms with Crippen LogP contribution in [0.5, 0.6) is 0 Å². The van der Waals surface area contributed by atoms with Crippen LogP contribution in [0.15, 0.2) is 23.1 Å². The van der Waals surface area contributed by atoms with Gasteiger partial charge in [0.25, 0.3) is 0 Å². The van der Waals surface area contributed by atoms with Gasteiger partial charge in [-0.1, -0.05) is 0 Å². The summed E-state index contributed by atoms with van der Waals surface area (Å²) >= 11 is 0. The first kappa shape index (κ1) is 17.9. The van der Waals surface area contributed by atoms with Gasteiger partial charge in [0.1, 0.15) is 0 Å². The van der Waals surface area contributed by atoms with Gasteiger partial charge in [0, 0.05) is 32.2 Å². The van der Waals surface area contributed by atoms with Crippen molar-refractivity contribution >= 4 is 21.6 Å². The molecule has 1 saturated heterocycles. The van der Waals surface area contributed by atoms with Gasteiger partial charge in [-0.3, -0.25) is 4.79 Å². The number of aliphatic hydroxyl groups is 1. The molecule has 0 atom stereocenters. The highest BCUT2D eigenvalue weighted by molar-refractivity contribution is 7.89. The second kappa shape index (κ2) is 6.32. The zero-order valence-corrected chi connectivity index (χ0v) is 16.0. The molecule has 0 spiro atoms. The lowest BCUT2D eigenvalue weighted by atomic mass is 9.90. The average Bonchev–Trinajstić information content (AvgIpc) is 3.39. The summed E-state index contributed by atoms with van der Waals surface area (Å²) < 4.78 is 27.6. The molecule has 6 nitrogen and oxygen atoms in total. The summed E-state index contributed by atoms with van der Waals surface area (Å²) in [4.78, 5) is 13.8. The lowest BCUT2D eigenvalue weighted by Crippen LogP contribution is -2.42. The molecule has 1 aromatic rings. The van der Waals surface area contributed by atoms with Crippen LogP contribution in [-0.2, 0) is 21.2 Å². The molecule has 7 heteroatoms. The fourth-order valence-corrected chi connectivity index (χ4v) is 5.90. The van der Waals surface area contributed by atoms with E-state index >= 15 is 0 Å². The zero-order chi connectivity index (χ0) is 18.5. The van der Waals surface area contributed by atoms with E-state index in [1.807, 2.05) is 0 Å². The third-order valence-corrected chi connectivity index (χ3v) is 8.06. The summed E-state index contributed by atoms with van der Waals surface area (Å²) in [7, 11) is -3.53. The first-order valence-corrected chi connectivity index (χ1v) is 10.9. The van der Waals surface area contributed by atoms with Crippen molar-refractivity contribution in [2.75, 3.05) is 24.5 Å². The van der Waals surface area contributed by atoms with Crippen molar-refractivity contribution in [3.63, 3.8) is 0 Å². The summed E-state index contributed by atoms with van der Waals surface area (Å²) in [6.45, 7) is 3.15. The van der Waals surface area contributed by atoms with Crippen LogP contribution >= 0.6 is 0 Å². The highest BCUT2D eigenvalue weighted by atomic mass is 32.2. The predicted molar refractivity (Wildman–Crippen MR) is 98.5 cm³/mol. The van der Waals surface area contributed by atoms with E-state index in [0.717, 1.165) is 49.8 Å². The topological polar surface area (TPSA) is 77.9 Å². The Morgan fingerprint density at radius 1 is 1.19 bits per heavy atom. The summed E-state index contributed by atoms with van der Waals surface area (Å²) in [5.41, 5.74) is 1.23. The summed E-state index contributed by atoms with van der Waals surface area (Å²) in [6.07, 6.45) is 4.78. The third kappa shape index (κ3) is 3.06. The molecule has 1 saturated carbocycles. The maximum absolute atomic E-state index is 13.0. The highest BCUT2D eigenvalue weighted by Crippen LogP contribution is 2.46. The Labute approximate surface area is 154 Å². The number of hydrogen-bond donors (Lipinski definition) is 1. The number of rotatable bonds is 3. The van der Waals surface area contributed by atoms with Crippen LogP contribution in [0.1, 0.15) is 44.6 Å². The van der Waals surface area contributed by atoms with Gasteiger partial charge in [-0.2, -0.15) is 4.31 Å². The van der Waals surface area contributed by atoms with Crippen molar-refractivity contribution in [1.29, 1.82) is 0 Å².